The van der Waals surface area contributed by atoms with Crippen LogP contribution >= 0.6 is 0 Å². The summed E-state index contributed by atoms with van der Waals surface area (Å²) >= 11 is 0. The van der Waals surface area contributed by atoms with E-state index in [1.165, 1.54) is 5.71 Å². The number of hydrogen-bond acceptors (Lipinski definition) is 2. The summed E-state index contributed by atoms with van der Waals surface area (Å²) in [5.41, 5.74) is 4.25. The van der Waals surface area contributed by atoms with Crippen LogP contribution in [0, 0.1) is 5.92 Å². The third-order valence-electron chi connectivity index (χ3n) is 1.38. The van der Waals surface area contributed by atoms with Gasteiger partial charge in [0.15, 0.2) is 0 Å². The SMILES string of the molecule is CC(C)C1=NNCC1. The lowest BCUT2D eigenvalue weighted by atomic mass is 10.1. The largest absolute Gasteiger partial charge is 0.310 e. The Labute approximate surface area is 50.0 Å². The van der Waals surface area contributed by atoms with Gasteiger partial charge in [0.05, 0.1) is 0 Å². The molecule has 2 heteroatoms. The van der Waals surface area contributed by atoms with Crippen molar-refractivity contribution in [3.05, 3.63) is 0 Å². The molecule has 0 bridgehead atoms. The van der Waals surface area contributed by atoms with E-state index in [0.29, 0.717) is 5.92 Å². The summed E-state index contributed by atoms with van der Waals surface area (Å²) in [4.78, 5) is 0. The molecule has 1 aliphatic rings. The van der Waals surface area contributed by atoms with Gasteiger partial charge in [-0.2, -0.15) is 5.10 Å². The van der Waals surface area contributed by atoms with Gasteiger partial charge in [-0.05, 0) is 5.92 Å². The predicted octanol–water partition coefficient (Wildman–Crippen LogP) is 0.992. The number of rotatable bonds is 1. The Morgan fingerprint density at radius 2 is 2.38 bits per heavy atom. The van der Waals surface area contributed by atoms with Gasteiger partial charge in [0.25, 0.3) is 0 Å². The molecule has 0 unspecified atom stereocenters. The first-order valence-corrected chi connectivity index (χ1v) is 3.10. The van der Waals surface area contributed by atoms with Crippen molar-refractivity contribution in [2.75, 3.05) is 6.54 Å². The summed E-state index contributed by atoms with van der Waals surface area (Å²) in [7, 11) is 0. The monoisotopic (exact) mass is 112 g/mol. The van der Waals surface area contributed by atoms with Crippen LogP contribution in [-0.4, -0.2) is 12.3 Å². The van der Waals surface area contributed by atoms with Gasteiger partial charge in [-0.15, -0.1) is 0 Å². The van der Waals surface area contributed by atoms with Crippen LogP contribution in [0.5, 0.6) is 0 Å². The van der Waals surface area contributed by atoms with E-state index in [0.717, 1.165) is 13.0 Å². The molecule has 1 rings (SSSR count). The Morgan fingerprint density at radius 3 is 2.62 bits per heavy atom. The molecule has 0 saturated heterocycles. The fraction of sp³-hybridized carbons (Fsp3) is 0.833. The highest BCUT2D eigenvalue weighted by molar-refractivity contribution is 5.87. The van der Waals surface area contributed by atoms with Crippen molar-refractivity contribution in [2.24, 2.45) is 11.0 Å². The van der Waals surface area contributed by atoms with Crippen molar-refractivity contribution in [3.63, 3.8) is 0 Å². The maximum Gasteiger partial charge on any atom is 0.0421 e. The van der Waals surface area contributed by atoms with Crippen LogP contribution in [0.3, 0.4) is 0 Å². The Morgan fingerprint density at radius 1 is 1.62 bits per heavy atom. The molecule has 0 radical (unpaired) electrons. The van der Waals surface area contributed by atoms with E-state index in [9.17, 15) is 0 Å². The van der Waals surface area contributed by atoms with E-state index in [-0.39, 0.29) is 0 Å². The van der Waals surface area contributed by atoms with Gasteiger partial charge in [-0.25, -0.2) is 0 Å². The van der Waals surface area contributed by atoms with Gasteiger partial charge >= 0.3 is 0 Å². The molecule has 0 aromatic heterocycles. The smallest absolute Gasteiger partial charge is 0.0421 e. The molecular formula is C6H12N2. The van der Waals surface area contributed by atoms with Crippen LogP contribution in [0.4, 0.5) is 0 Å². The first-order valence-electron chi connectivity index (χ1n) is 3.10. The van der Waals surface area contributed by atoms with Gasteiger partial charge in [0.1, 0.15) is 0 Å². The number of hydrazone groups is 1. The molecule has 46 valence electrons. The molecule has 1 N–H and O–H groups in total. The molecule has 0 aliphatic carbocycles. The van der Waals surface area contributed by atoms with E-state index < -0.39 is 0 Å². The summed E-state index contributed by atoms with van der Waals surface area (Å²) in [5, 5.41) is 4.10. The maximum absolute atomic E-state index is 4.10. The zero-order valence-corrected chi connectivity index (χ0v) is 5.44. The summed E-state index contributed by atoms with van der Waals surface area (Å²) in [6, 6.07) is 0. The summed E-state index contributed by atoms with van der Waals surface area (Å²) in [5.74, 6) is 0.630. The van der Waals surface area contributed by atoms with Gasteiger partial charge in [-0.3, -0.25) is 0 Å². The molecule has 2 nitrogen and oxygen atoms in total. The third-order valence-corrected chi connectivity index (χ3v) is 1.38. The second-order valence-electron chi connectivity index (χ2n) is 2.42. The van der Waals surface area contributed by atoms with Crippen LogP contribution in [0.2, 0.25) is 0 Å². The molecule has 0 atom stereocenters. The van der Waals surface area contributed by atoms with Gasteiger partial charge in [-0.1, -0.05) is 13.8 Å². The van der Waals surface area contributed by atoms with E-state index in [4.69, 9.17) is 0 Å². The van der Waals surface area contributed by atoms with Crippen LogP contribution in [0.25, 0.3) is 0 Å². The standard InChI is InChI=1S/C6H12N2/c1-5(2)6-3-4-7-8-6/h5,7H,3-4H2,1-2H3. The van der Waals surface area contributed by atoms with Crippen molar-refractivity contribution in [1.29, 1.82) is 0 Å². The topological polar surface area (TPSA) is 24.4 Å². The van der Waals surface area contributed by atoms with Crippen LogP contribution < -0.4 is 5.43 Å². The van der Waals surface area contributed by atoms with E-state index in [1.54, 1.807) is 0 Å². The molecule has 0 aromatic carbocycles. The Hall–Kier alpha value is -0.530. The Balaban J connectivity index is 2.45. The molecule has 0 amide bonds. The molecule has 0 aromatic rings. The van der Waals surface area contributed by atoms with Crippen LogP contribution in [0.1, 0.15) is 20.3 Å². The van der Waals surface area contributed by atoms with Crippen LogP contribution in [-0.2, 0) is 0 Å². The van der Waals surface area contributed by atoms with Crippen molar-refractivity contribution >= 4 is 5.71 Å². The minimum atomic E-state index is 0.630. The number of hydrogen-bond donors (Lipinski definition) is 1. The van der Waals surface area contributed by atoms with Crippen molar-refractivity contribution in [1.82, 2.24) is 5.43 Å². The predicted molar refractivity (Wildman–Crippen MR) is 34.9 cm³/mol. The van der Waals surface area contributed by atoms with Crippen molar-refractivity contribution in [2.45, 2.75) is 20.3 Å². The Bertz CT molecular complexity index is 105. The molecule has 0 spiro atoms. The minimum absolute atomic E-state index is 0.630. The molecule has 1 heterocycles. The maximum atomic E-state index is 4.10. The number of nitrogens with zero attached hydrogens (tertiary/aromatic N) is 1. The fourth-order valence-corrected chi connectivity index (χ4v) is 0.815. The lowest BCUT2D eigenvalue weighted by molar-refractivity contribution is 0.813. The average Bonchev–Trinajstić information content (AvgIpc) is 2.12. The molecule has 8 heavy (non-hydrogen) atoms. The lowest BCUT2D eigenvalue weighted by Gasteiger charge is -1.98. The van der Waals surface area contributed by atoms with Crippen molar-refractivity contribution < 1.29 is 0 Å². The second-order valence-corrected chi connectivity index (χ2v) is 2.42. The highest BCUT2D eigenvalue weighted by Gasteiger charge is 2.08. The van der Waals surface area contributed by atoms with E-state index in [1.807, 2.05) is 0 Å². The molecular weight excluding hydrogens is 100 g/mol. The van der Waals surface area contributed by atoms with Crippen LogP contribution in [0.15, 0.2) is 5.10 Å². The van der Waals surface area contributed by atoms with Gasteiger partial charge < -0.3 is 5.43 Å². The Kier molecular flexibility index (Phi) is 1.51. The molecule has 1 aliphatic heterocycles. The molecule has 0 fully saturated rings. The zero-order chi connectivity index (χ0) is 5.98. The van der Waals surface area contributed by atoms with E-state index in [2.05, 4.69) is 24.4 Å². The summed E-state index contributed by atoms with van der Waals surface area (Å²) in [6.07, 6.45) is 1.14. The highest BCUT2D eigenvalue weighted by atomic mass is 15.3. The van der Waals surface area contributed by atoms with Gasteiger partial charge in [0.2, 0.25) is 0 Å². The summed E-state index contributed by atoms with van der Waals surface area (Å²) in [6.45, 7) is 5.38. The quantitative estimate of drug-likeness (QED) is 0.537. The summed E-state index contributed by atoms with van der Waals surface area (Å²) < 4.78 is 0. The zero-order valence-electron chi connectivity index (χ0n) is 5.44. The average molecular weight is 112 g/mol. The fourth-order valence-electron chi connectivity index (χ4n) is 0.815. The third kappa shape index (κ3) is 0.997. The van der Waals surface area contributed by atoms with E-state index >= 15 is 0 Å². The van der Waals surface area contributed by atoms with Crippen molar-refractivity contribution in [3.8, 4) is 0 Å². The first-order chi connectivity index (χ1) is 3.80. The first kappa shape index (κ1) is 5.60. The lowest BCUT2D eigenvalue weighted by Crippen LogP contribution is -2.03. The normalized spacial score (nSPS) is 18.6. The second kappa shape index (κ2) is 2.16. The minimum Gasteiger partial charge on any atom is -0.310 e. The molecule has 0 saturated carbocycles. The van der Waals surface area contributed by atoms with Gasteiger partial charge in [0, 0.05) is 18.7 Å². The number of nitrogens with one attached hydrogen (secondary N) is 1. The highest BCUT2D eigenvalue weighted by Crippen LogP contribution is 2.03.